The number of nitrogens with one attached hydrogen (secondary N) is 1. The second kappa shape index (κ2) is 5.06. The van der Waals surface area contributed by atoms with Crippen LogP contribution in [-0.2, 0) is 7.05 Å². The van der Waals surface area contributed by atoms with Gasteiger partial charge in [0.05, 0.1) is 11.4 Å². The molecule has 1 N–H and O–H groups in total. The fourth-order valence-corrected chi connectivity index (χ4v) is 3.29. The molecule has 22 heavy (non-hydrogen) atoms. The first-order valence-electron chi connectivity index (χ1n) is 6.94. The van der Waals surface area contributed by atoms with Crippen LogP contribution in [0, 0.1) is 0 Å². The molecule has 0 unspecified atom stereocenters. The third kappa shape index (κ3) is 2.21. The fourth-order valence-electron chi connectivity index (χ4n) is 2.57. The maximum absolute atomic E-state index is 12.0. The summed E-state index contributed by atoms with van der Waals surface area (Å²) >= 11 is 1.61. The van der Waals surface area contributed by atoms with E-state index >= 15 is 0 Å². The van der Waals surface area contributed by atoms with E-state index in [2.05, 4.69) is 25.3 Å². The van der Waals surface area contributed by atoms with Gasteiger partial charge in [-0.25, -0.2) is 9.97 Å². The highest BCUT2D eigenvalue weighted by atomic mass is 32.1. The van der Waals surface area contributed by atoms with Gasteiger partial charge < -0.3 is 10.2 Å². The normalized spacial score (nSPS) is 15.0. The molecular weight excluding hydrogens is 300 g/mol. The Hall–Kier alpha value is -2.48. The summed E-state index contributed by atoms with van der Waals surface area (Å²) < 4.78 is 1.62. The number of aromatic nitrogens is 4. The summed E-state index contributed by atoms with van der Waals surface area (Å²) in [6.07, 6.45) is 3.35. The Labute approximate surface area is 130 Å². The number of anilines is 1. The molecule has 0 atom stereocenters. The maximum atomic E-state index is 12.0. The fraction of sp³-hybridized carbons (Fsp3) is 0.286. The van der Waals surface area contributed by atoms with Gasteiger partial charge in [0, 0.05) is 26.3 Å². The predicted octanol–water partition coefficient (Wildman–Crippen LogP) is 1.04. The van der Waals surface area contributed by atoms with E-state index in [0.717, 1.165) is 29.1 Å². The van der Waals surface area contributed by atoms with Crippen LogP contribution in [0.5, 0.6) is 0 Å². The molecule has 0 aliphatic carbocycles. The van der Waals surface area contributed by atoms with Gasteiger partial charge in [-0.3, -0.25) is 9.48 Å². The summed E-state index contributed by atoms with van der Waals surface area (Å²) in [5, 5.41) is 10.2. The van der Waals surface area contributed by atoms with Gasteiger partial charge in [0.1, 0.15) is 22.7 Å². The Morgan fingerprint density at radius 1 is 1.36 bits per heavy atom. The van der Waals surface area contributed by atoms with E-state index in [1.54, 1.807) is 41.7 Å². The first-order chi connectivity index (χ1) is 10.7. The minimum atomic E-state index is -0.131. The van der Waals surface area contributed by atoms with Crippen molar-refractivity contribution in [3.05, 3.63) is 35.7 Å². The minimum Gasteiger partial charge on any atom is -0.352 e. The number of hydrogen-bond acceptors (Lipinski definition) is 6. The molecule has 1 amide bonds. The minimum absolute atomic E-state index is 0.123. The third-order valence-corrected chi connectivity index (χ3v) is 4.52. The maximum Gasteiger partial charge on any atom is 0.272 e. The molecule has 1 aliphatic heterocycles. The van der Waals surface area contributed by atoms with Crippen molar-refractivity contribution < 1.29 is 4.79 Å². The Morgan fingerprint density at radius 3 is 3.00 bits per heavy atom. The topological polar surface area (TPSA) is 75.9 Å². The molecule has 0 aromatic carbocycles. The molecule has 0 saturated carbocycles. The summed E-state index contributed by atoms with van der Waals surface area (Å²) in [5.41, 5.74) is 0.447. The molecule has 1 aliphatic rings. The molecule has 112 valence electrons. The van der Waals surface area contributed by atoms with Gasteiger partial charge >= 0.3 is 0 Å². The highest BCUT2D eigenvalue weighted by Gasteiger charge is 2.30. The van der Waals surface area contributed by atoms with Crippen LogP contribution in [0.25, 0.3) is 10.2 Å². The van der Waals surface area contributed by atoms with Crippen LogP contribution in [0.1, 0.15) is 10.5 Å². The number of rotatable bonds is 3. The van der Waals surface area contributed by atoms with Crippen molar-refractivity contribution in [2.75, 3.05) is 18.0 Å². The number of fused-ring (bicyclic) bond motifs is 1. The van der Waals surface area contributed by atoms with Gasteiger partial charge in [-0.1, -0.05) is 0 Å². The van der Waals surface area contributed by atoms with Crippen LogP contribution in [0.4, 0.5) is 5.82 Å². The monoisotopic (exact) mass is 314 g/mol. The molecule has 7 nitrogen and oxygen atoms in total. The van der Waals surface area contributed by atoms with E-state index in [1.807, 2.05) is 11.4 Å². The molecule has 4 heterocycles. The van der Waals surface area contributed by atoms with Gasteiger partial charge in [-0.2, -0.15) is 5.10 Å². The summed E-state index contributed by atoms with van der Waals surface area (Å²) in [5.74, 6) is 0.809. The average Bonchev–Trinajstić information content (AvgIpc) is 3.10. The van der Waals surface area contributed by atoms with Gasteiger partial charge in [-0.15, -0.1) is 11.3 Å². The number of nitrogens with zero attached hydrogens (tertiary/aromatic N) is 5. The van der Waals surface area contributed by atoms with Crippen molar-refractivity contribution in [2.45, 2.75) is 6.04 Å². The number of hydrogen-bond donors (Lipinski definition) is 1. The van der Waals surface area contributed by atoms with Crippen molar-refractivity contribution >= 4 is 33.3 Å². The summed E-state index contributed by atoms with van der Waals surface area (Å²) in [6, 6.07) is 3.87. The van der Waals surface area contributed by atoms with Crippen molar-refractivity contribution in [1.29, 1.82) is 0 Å². The van der Waals surface area contributed by atoms with E-state index in [9.17, 15) is 4.79 Å². The van der Waals surface area contributed by atoms with Crippen LogP contribution >= 0.6 is 11.3 Å². The zero-order valence-corrected chi connectivity index (χ0v) is 12.7. The number of carbonyl (C=O) groups is 1. The smallest absolute Gasteiger partial charge is 0.272 e. The van der Waals surface area contributed by atoms with Crippen LogP contribution in [0.3, 0.4) is 0 Å². The molecule has 0 radical (unpaired) electrons. The largest absolute Gasteiger partial charge is 0.352 e. The van der Waals surface area contributed by atoms with Gasteiger partial charge in [0.15, 0.2) is 0 Å². The average molecular weight is 314 g/mol. The van der Waals surface area contributed by atoms with Crippen molar-refractivity contribution in [1.82, 2.24) is 25.1 Å². The number of carbonyl (C=O) groups excluding carboxylic acids is 1. The quantitative estimate of drug-likeness (QED) is 0.782. The Morgan fingerprint density at radius 2 is 2.23 bits per heavy atom. The predicted molar refractivity (Wildman–Crippen MR) is 84.1 cm³/mol. The summed E-state index contributed by atoms with van der Waals surface area (Å²) in [7, 11) is 1.79. The molecule has 1 saturated heterocycles. The Kier molecular flexibility index (Phi) is 3.04. The third-order valence-electron chi connectivity index (χ3n) is 3.70. The molecule has 8 heteroatoms. The van der Waals surface area contributed by atoms with Crippen LogP contribution < -0.4 is 10.2 Å². The van der Waals surface area contributed by atoms with E-state index in [1.165, 1.54) is 0 Å². The zero-order valence-electron chi connectivity index (χ0n) is 11.9. The molecule has 3 aromatic rings. The van der Waals surface area contributed by atoms with Crippen molar-refractivity contribution in [3.8, 4) is 0 Å². The highest BCUT2D eigenvalue weighted by Crippen LogP contribution is 2.29. The number of amides is 1. The van der Waals surface area contributed by atoms with Crippen LogP contribution in [0.15, 0.2) is 30.0 Å². The van der Waals surface area contributed by atoms with Gasteiger partial charge in [-0.05, 0) is 17.5 Å². The first kappa shape index (κ1) is 13.2. The summed E-state index contributed by atoms with van der Waals surface area (Å²) in [4.78, 5) is 23.8. The lowest BCUT2D eigenvalue weighted by Gasteiger charge is -2.40. The highest BCUT2D eigenvalue weighted by molar-refractivity contribution is 7.16. The lowest BCUT2D eigenvalue weighted by molar-refractivity contribution is 0.0924. The lowest BCUT2D eigenvalue weighted by atomic mass is 10.1. The summed E-state index contributed by atoms with van der Waals surface area (Å²) in [6.45, 7) is 1.50. The van der Waals surface area contributed by atoms with Crippen LogP contribution in [0.2, 0.25) is 0 Å². The Balaban J connectivity index is 1.42. The Bertz CT molecular complexity index is 835. The van der Waals surface area contributed by atoms with Crippen LogP contribution in [-0.4, -0.2) is 44.8 Å². The molecule has 0 bridgehead atoms. The lowest BCUT2D eigenvalue weighted by Crippen LogP contribution is -2.59. The zero-order chi connectivity index (χ0) is 15.1. The van der Waals surface area contributed by atoms with Gasteiger partial charge in [0.25, 0.3) is 5.91 Å². The van der Waals surface area contributed by atoms with E-state index < -0.39 is 0 Å². The van der Waals surface area contributed by atoms with E-state index in [-0.39, 0.29) is 11.9 Å². The van der Waals surface area contributed by atoms with Crippen molar-refractivity contribution in [2.24, 2.45) is 7.05 Å². The van der Waals surface area contributed by atoms with Crippen molar-refractivity contribution in [3.63, 3.8) is 0 Å². The standard InChI is InChI=1S/C14H14N6OS/c1-19-4-2-11(18-19)13(21)17-9-6-20(7-9)12-10-3-5-22-14(10)16-8-15-12/h2-5,8-9H,6-7H2,1H3,(H,17,21). The second-order valence-electron chi connectivity index (χ2n) is 5.29. The molecule has 3 aromatic heterocycles. The SMILES string of the molecule is Cn1ccc(C(=O)NC2CN(c3ncnc4sccc34)C2)n1. The first-order valence-corrected chi connectivity index (χ1v) is 7.82. The molecule has 0 spiro atoms. The molecular formula is C14H14N6OS. The van der Waals surface area contributed by atoms with E-state index in [4.69, 9.17) is 0 Å². The van der Waals surface area contributed by atoms with E-state index in [0.29, 0.717) is 5.69 Å². The van der Waals surface area contributed by atoms with Gasteiger partial charge in [0.2, 0.25) is 0 Å². The number of thiophene rings is 1. The molecule has 1 fully saturated rings. The molecule has 4 rings (SSSR count). The second-order valence-corrected chi connectivity index (χ2v) is 6.18. The number of aryl methyl sites for hydroxylation is 1.